The van der Waals surface area contributed by atoms with Gasteiger partial charge in [0.15, 0.2) is 6.29 Å². The number of unbranched alkanes of at least 4 members (excludes halogenated alkanes) is 31. The minimum atomic E-state index is -1.58. The molecule has 7 unspecified atom stereocenters. The molecular weight excluding hydrogens is 827 g/mol. The summed E-state index contributed by atoms with van der Waals surface area (Å²) in [5.41, 5.74) is 0. The fourth-order valence-corrected chi connectivity index (χ4v) is 8.65. The Labute approximate surface area is 405 Å². The van der Waals surface area contributed by atoms with Crippen LogP contribution in [-0.2, 0) is 14.3 Å². The second-order valence-electron chi connectivity index (χ2n) is 19.4. The normalized spacial score (nSPS) is 20.1. The number of aliphatic hydroxyl groups excluding tert-OH is 5. The summed E-state index contributed by atoms with van der Waals surface area (Å²) in [7, 11) is 0. The standard InChI is InChI=1S/C57H105NO8/c1-3-5-7-9-11-13-15-17-19-21-23-25-27-29-31-33-35-37-39-41-43-45-47-53(61)58-50(49-65-57-56(64)55(63)54(62)52(48-59)66-57)51(60)46-44-42-40-38-36-34-32-30-28-26-24-22-20-18-16-14-12-10-8-6-4-2/h27-30,36,38,44,46,50-52,54-57,59-60,62-64H,3-26,31-35,37,39-43,45,47-49H2,1-2H3,(H,58,61)/b29-27-,30-28+,38-36+,46-44+. The molecule has 0 aromatic heterocycles. The predicted molar refractivity (Wildman–Crippen MR) is 276 cm³/mol. The van der Waals surface area contributed by atoms with Gasteiger partial charge < -0.3 is 40.3 Å². The van der Waals surface area contributed by atoms with Gasteiger partial charge in [0.1, 0.15) is 24.4 Å². The molecular formula is C57H105NO8. The molecule has 1 saturated heterocycles. The fourth-order valence-electron chi connectivity index (χ4n) is 8.65. The van der Waals surface area contributed by atoms with Gasteiger partial charge in [-0.25, -0.2) is 0 Å². The third-order valence-electron chi connectivity index (χ3n) is 13.1. The molecule has 1 rings (SSSR count). The molecule has 386 valence electrons. The third kappa shape index (κ3) is 36.2. The van der Waals surface area contributed by atoms with Crippen molar-refractivity contribution in [1.29, 1.82) is 0 Å². The molecule has 1 aliphatic heterocycles. The van der Waals surface area contributed by atoms with E-state index in [0.29, 0.717) is 6.42 Å². The molecule has 66 heavy (non-hydrogen) atoms. The lowest BCUT2D eigenvalue weighted by molar-refractivity contribution is -0.302. The second kappa shape index (κ2) is 46.9. The summed E-state index contributed by atoms with van der Waals surface area (Å²) in [5, 5.41) is 54.4. The Morgan fingerprint density at radius 2 is 0.864 bits per heavy atom. The average molecular weight is 932 g/mol. The van der Waals surface area contributed by atoms with Crippen LogP contribution in [0.5, 0.6) is 0 Å². The average Bonchev–Trinajstić information content (AvgIpc) is 3.32. The zero-order valence-electron chi connectivity index (χ0n) is 42.7. The predicted octanol–water partition coefficient (Wildman–Crippen LogP) is 13.3. The van der Waals surface area contributed by atoms with Crippen molar-refractivity contribution >= 4 is 5.91 Å². The smallest absolute Gasteiger partial charge is 0.220 e. The van der Waals surface area contributed by atoms with Crippen molar-refractivity contribution in [2.75, 3.05) is 13.2 Å². The maximum atomic E-state index is 13.0. The summed E-state index contributed by atoms with van der Waals surface area (Å²) in [6.45, 7) is 3.77. The molecule has 1 aliphatic rings. The molecule has 1 amide bonds. The first-order chi connectivity index (χ1) is 32.3. The van der Waals surface area contributed by atoms with Gasteiger partial charge in [-0.2, -0.15) is 0 Å². The topological polar surface area (TPSA) is 149 Å². The van der Waals surface area contributed by atoms with E-state index < -0.39 is 49.5 Å². The Kier molecular flexibility index (Phi) is 44.1. The Hall–Kier alpha value is -1.85. The van der Waals surface area contributed by atoms with E-state index in [2.05, 4.69) is 55.6 Å². The van der Waals surface area contributed by atoms with Crippen LogP contribution in [0.1, 0.15) is 251 Å². The Balaban J connectivity index is 2.30. The van der Waals surface area contributed by atoms with Crippen LogP contribution in [0.4, 0.5) is 0 Å². The number of nitrogens with one attached hydrogen (secondary N) is 1. The first kappa shape index (κ1) is 62.2. The van der Waals surface area contributed by atoms with Gasteiger partial charge in [0, 0.05) is 6.42 Å². The van der Waals surface area contributed by atoms with Crippen LogP contribution >= 0.6 is 0 Å². The van der Waals surface area contributed by atoms with Gasteiger partial charge in [0.25, 0.3) is 0 Å². The fraction of sp³-hybridized carbons (Fsp3) is 0.842. The van der Waals surface area contributed by atoms with E-state index in [1.54, 1.807) is 6.08 Å². The summed E-state index contributed by atoms with van der Waals surface area (Å²) in [4.78, 5) is 13.0. The van der Waals surface area contributed by atoms with Crippen LogP contribution in [0.25, 0.3) is 0 Å². The molecule has 0 spiro atoms. The van der Waals surface area contributed by atoms with Crippen LogP contribution in [-0.4, -0.2) is 87.5 Å². The summed E-state index contributed by atoms with van der Waals surface area (Å²) < 4.78 is 11.2. The number of allylic oxidation sites excluding steroid dienone is 7. The number of aliphatic hydroxyl groups is 5. The molecule has 0 aromatic carbocycles. The van der Waals surface area contributed by atoms with Crippen molar-refractivity contribution in [2.24, 2.45) is 0 Å². The molecule has 9 heteroatoms. The van der Waals surface area contributed by atoms with Crippen LogP contribution in [0.3, 0.4) is 0 Å². The number of carbonyl (C=O) groups excluding carboxylic acids is 1. The van der Waals surface area contributed by atoms with E-state index in [1.165, 1.54) is 173 Å². The largest absolute Gasteiger partial charge is 0.394 e. The van der Waals surface area contributed by atoms with E-state index in [0.717, 1.165) is 57.8 Å². The van der Waals surface area contributed by atoms with E-state index in [4.69, 9.17) is 9.47 Å². The lowest BCUT2D eigenvalue weighted by Gasteiger charge is -2.40. The van der Waals surface area contributed by atoms with E-state index in [-0.39, 0.29) is 12.5 Å². The molecule has 0 aliphatic carbocycles. The molecule has 0 aromatic rings. The lowest BCUT2D eigenvalue weighted by Crippen LogP contribution is -2.60. The van der Waals surface area contributed by atoms with Gasteiger partial charge in [-0.1, -0.05) is 223 Å². The minimum Gasteiger partial charge on any atom is -0.394 e. The summed E-state index contributed by atoms with van der Waals surface area (Å²) >= 11 is 0. The first-order valence-electron chi connectivity index (χ1n) is 27.9. The number of hydrogen-bond donors (Lipinski definition) is 6. The number of hydrogen-bond acceptors (Lipinski definition) is 8. The van der Waals surface area contributed by atoms with Gasteiger partial charge >= 0.3 is 0 Å². The van der Waals surface area contributed by atoms with Gasteiger partial charge in [-0.05, 0) is 70.6 Å². The maximum Gasteiger partial charge on any atom is 0.220 e. The molecule has 1 fully saturated rings. The van der Waals surface area contributed by atoms with Crippen molar-refractivity contribution in [3.8, 4) is 0 Å². The van der Waals surface area contributed by atoms with Gasteiger partial charge in [-0.15, -0.1) is 0 Å². The molecule has 0 radical (unpaired) electrons. The van der Waals surface area contributed by atoms with Crippen LogP contribution in [0.15, 0.2) is 48.6 Å². The summed E-state index contributed by atoms with van der Waals surface area (Å²) in [6, 6.07) is -0.831. The van der Waals surface area contributed by atoms with Crippen molar-refractivity contribution in [3.05, 3.63) is 48.6 Å². The lowest BCUT2D eigenvalue weighted by atomic mass is 9.99. The van der Waals surface area contributed by atoms with Crippen LogP contribution < -0.4 is 5.32 Å². The second-order valence-corrected chi connectivity index (χ2v) is 19.4. The van der Waals surface area contributed by atoms with Crippen molar-refractivity contribution in [2.45, 2.75) is 294 Å². The zero-order valence-corrected chi connectivity index (χ0v) is 42.7. The minimum absolute atomic E-state index is 0.194. The Bertz CT molecular complexity index is 1170. The SMILES string of the molecule is CCCCCCCCCCCCC/C=C\CCCCCCCCCC(=O)NC(COC1OC(CO)C(O)C(O)C1O)C(O)/C=C/CC/C=C/CC/C=C/CCCCCCCCCCCCC. The number of carbonyl (C=O) groups is 1. The van der Waals surface area contributed by atoms with Crippen LogP contribution in [0, 0.1) is 0 Å². The van der Waals surface area contributed by atoms with Gasteiger partial charge in [0.05, 0.1) is 25.4 Å². The first-order valence-corrected chi connectivity index (χ1v) is 27.9. The van der Waals surface area contributed by atoms with Crippen LogP contribution in [0.2, 0.25) is 0 Å². The maximum absolute atomic E-state index is 13.0. The number of rotatable bonds is 47. The van der Waals surface area contributed by atoms with E-state index in [1.807, 2.05) is 6.08 Å². The highest BCUT2D eigenvalue weighted by atomic mass is 16.7. The van der Waals surface area contributed by atoms with Gasteiger partial charge in [-0.3, -0.25) is 4.79 Å². The molecule has 9 nitrogen and oxygen atoms in total. The molecule has 6 N–H and O–H groups in total. The highest BCUT2D eigenvalue weighted by Gasteiger charge is 2.44. The number of ether oxygens (including phenoxy) is 2. The highest BCUT2D eigenvalue weighted by Crippen LogP contribution is 2.23. The molecule has 7 atom stereocenters. The van der Waals surface area contributed by atoms with E-state index >= 15 is 0 Å². The Morgan fingerprint density at radius 1 is 0.500 bits per heavy atom. The molecule has 0 saturated carbocycles. The van der Waals surface area contributed by atoms with Gasteiger partial charge in [0.2, 0.25) is 5.91 Å². The monoisotopic (exact) mass is 932 g/mol. The van der Waals surface area contributed by atoms with E-state index in [9.17, 15) is 30.3 Å². The van der Waals surface area contributed by atoms with Crippen molar-refractivity contribution in [1.82, 2.24) is 5.32 Å². The summed E-state index contributed by atoms with van der Waals surface area (Å²) in [5.74, 6) is -0.194. The molecule has 1 heterocycles. The quantitative estimate of drug-likeness (QED) is 0.0261. The highest BCUT2D eigenvalue weighted by molar-refractivity contribution is 5.76. The Morgan fingerprint density at radius 3 is 1.27 bits per heavy atom. The van der Waals surface area contributed by atoms with Crippen molar-refractivity contribution < 1.29 is 39.8 Å². The summed E-state index contributed by atoms with van der Waals surface area (Å²) in [6.07, 6.45) is 54.6. The number of amides is 1. The zero-order chi connectivity index (χ0) is 48.0. The third-order valence-corrected chi connectivity index (χ3v) is 13.1. The molecule has 0 bridgehead atoms. The van der Waals surface area contributed by atoms with Crippen molar-refractivity contribution in [3.63, 3.8) is 0 Å².